The van der Waals surface area contributed by atoms with Crippen LogP contribution in [0.15, 0.2) is 84.9 Å². The second-order valence-electron chi connectivity index (χ2n) is 9.18. The van der Waals surface area contributed by atoms with Crippen LogP contribution >= 0.6 is 0 Å². The van der Waals surface area contributed by atoms with E-state index in [1.54, 1.807) is 0 Å². The molecule has 34 heavy (non-hydrogen) atoms. The number of likely N-dealkylation sites (tertiary alicyclic amines) is 1. The lowest BCUT2D eigenvalue weighted by Crippen LogP contribution is -2.37. The van der Waals surface area contributed by atoms with Crippen molar-refractivity contribution in [3.63, 3.8) is 0 Å². The molecule has 1 N–H and O–H groups in total. The van der Waals surface area contributed by atoms with E-state index in [0.717, 1.165) is 55.8 Å². The molecule has 1 aliphatic heterocycles. The fourth-order valence-corrected chi connectivity index (χ4v) is 5.18. The number of imidazole rings is 1. The minimum absolute atomic E-state index is 0.00790. The summed E-state index contributed by atoms with van der Waals surface area (Å²) in [5, 5.41) is 3.27. The second kappa shape index (κ2) is 10.2. The highest BCUT2D eigenvalue weighted by Gasteiger charge is 2.24. The van der Waals surface area contributed by atoms with Gasteiger partial charge in [0.25, 0.3) is 5.91 Å². The van der Waals surface area contributed by atoms with Crippen LogP contribution in [0, 0.1) is 6.92 Å². The number of nitrogens with zero attached hydrogens (tertiary/aromatic N) is 3. The zero-order chi connectivity index (χ0) is 23.3. The quantitative estimate of drug-likeness (QED) is 0.400. The van der Waals surface area contributed by atoms with Gasteiger partial charge in [0.2, 0.25) is 0 Å². The van der Waals surface area contributed by atoms with E-state index in [2.05, 4.69) is 58.1 Å². The fraction of sp³-hybridized carbons (Fsp3) is 0.310. The first-order valence-corrected chi connectivity index (χ1v) is 12.3. The summed E-state index contributed by atoms with van der Waals surface area (Å²) in [6.45, 7) is 5.20. The van der Waals surface area contributed by atoms with E-state index < -0.39 is 0 Å². The molecule has 0 aliphatic carbocycles. The first-order chi connectivity index (χ1) is 16.7. The third-order valence-electron chi connectivity index (χ3n) is 6.97. The van der Waals surface area contributed by atoms with E-state index in [1.807, 2.05) is 48.5 Å². The van der Waals surface area contributed by atoms with Crippen LogP contribution < -0.4 is 5.32 Å². The van der Waals surface area contributed by atoms with Crippen LogP contribution in [0.3, 0.4) is 0 Å². The van der Waals surface area contributed by atoms with Gasteiger partial charge in [0.15, 0.2) is 0 Å². The van der Waals surface area contributed by atoms with Crippen molar-refractivity contribution in [2.75, 3.05) is 19.6 Å². The number of rotatable bonds is 7. The molecule has 0 unspecified atom stereocenters. The molecule has 1 atom stereocenters. The van der Waals surface area contributed by atoms with E-state index in [4.69, 9.17) is 4.98 Å². The Balaban J connectivity index is 1.22. The first-order valence-electron chi connectivity index (χ1n) is 12.3. The molecule has 5 rings (SSSR count). The van der Waals surface area contributed by atoms with Crippen molar-refractivity contribution < 1.29 is 4.79 Å². The van der Waals surface area contributed by atoms with E-state index in [0.29, 0.717) is 11.6 Å². The molecule has 5 heteroatoms. The first kappa shape index (κ1) is 22.4. The molecule has 4 aromatic rings. The van der Waals surface area contributed by atoms with Crippen LogP contribution in [0.2, 0.25) is 0 Å². The maximum Gasteiger partial charge on any atom is 0.251 e. The lowest BCUT2D eigenvalue weighted by atomic mass is 10.0. The van der Waals surface area contributed by atoms with Crippen molar-refractivity contribution in [2.45, 2.75) is 38.3 Å². The number of nitrogens with one attached hydrogen (secondary N) is 1. The van der Waals surface area contributed by atoms with Crippen LogP contribution in [0.1, 0.15) is 53.1 Å². The normalized spacial score (nSPS) is 15.9. The number of hydrogen-bond acceptors (Lipinski definition) is 3. The minimum Gasteiger partial charge on any atom is -0.345 e. The fourth-order valence-electron chi connectivity index (χ4n) is 5.18. The van der Waals surface area contributed by atoms with Crippen LogP contribution in [0.4, 0.5) is 0 Å². The van der Waals surface area contributed by atoms with Gasteiger partial charge in [-0.15, -0.1) is 0 Å². The number of benzene rings is 3. The number of piperidine rings is 1. The Morgan fingerprint density at radius 3 is 2.32 bits per heavy atom. The largest absolute Gasteiger partial charge is 0.345 e. The molecule has 1 fully saturated rings. The number of amides is 1. The third-order valence-corrected chi connectivity index (χ3v) is 6.97. The molecular weight excluding hydrogens is 420 g/mol. The van der Waals surface area contributed by atoms with Crippen molar-refractivity contribution in [1.82, 2.24) is 19.8 Å². The molecule has 0 radical (unpaired) electrons. The summed E-state index contributed by atoms with van der Waals surface area (Å²) in [5.41, 5.74) is 4.18. The average molecular weight is 453 g/mol. The Hall–Kier alpha value is -3.44. The minimum atomic E-state index is -0.0179. The molecular formula is C29H32N4O. The zero-order valence-corrected chi connectivity index (χ0v) is 19.7. The van der Waals surface area contributed by atoms with Gasteiger partial charge in [-0.2, -0.15) is 0 Å². The Labute approximate surface area is 201 Å². The molecule has 5 nitrogen and oxygen atoms in total. The molecule has 3 aromatic carbocycles. The van der Waals surface area contributed by atoms with E-state index in [9.17, 15) is 4.79 Å². The number of carbonyl (C=O) groups excluding carboxylic acids is 1. The van der Waals surface area contributed by atoms with Gasteiger partial charge in [-0.3, -0.25) is 4.79 Å². The lowest BCUT2D eigenvalue weighted by molar-refractivity contribution is 0.0929. The highest BCUT2D eigenvalue weighted by molar-refractivity contribution is 5.94. The SMILES string of the molecule is Cc1nc2ccccc2n1C1CCN(CC[C@H](NC(=O)c2ccccc2)c2ccccc2)CC1. The lowest BCUT2D eigenvalue weighted by Gasteiger charge is -2.34. The van der Waals surface area contributed by atoms with Crippen molar-refractivity contribution >= 4 is 16.9 Å². The van der Waals surface area contributed by atoms with Gasteiger partial charge in [0.05, 0.1) is 17.1 Å². The summed E-state index contributed by atoms with van der Waals surface area (Å²) in [7, 11) is 0. The standard InChI is InChI=1S/C29H32N4O/c1-22-30-27-14-8-9-15-28(27)33(22)25-16-19-32(20-17-25)21-18-26(23-10-4-2-5-11-23)31-29(34)24-12-6-3-7-13-24/h2-15,25-26H,16-21H2,1H3,(H,31,34)/t26-/m0/s1. The number of aromatic nitrogens is 2. The molecule has 0 spiro atoms. The average Bonchev–Trinajstić information content (AvgIpc) is 3.23. The zero-order valence-electron chi connectivity index (χ0n) is 19.7. The molecule has 0 saturated carbocycles. The maximum absolute atomic E-state index is 12.9. The number of carbonyl (C=O) groups is 1. The van der Waals surface area contributed by atoms with Gasteiger partial charge < -0.3 is 14.8 Å². The van der Waals surface area contributed by atoms with E-state index in [-0.39, 0.29) is 11.9 Å². The summed E-state index contributed by atoms with van der Waals surface area (Å²) in [5.74, 6) is 1.09. The summed E-state index contributed by atoms with van der Waals surface area (Å²) in [4.78, 5) is 20.2. The van der Waals surface area contributed by atoms with Crippen molar-refractivity contribution in [1.29, 1.82) is 0 Å². The summed E-state index contributed by atoms with van der Waals surface area (Å²) in [6.07, 6.45) is 3.13. The topological polar surface area (TPSA) is 50.2 Å². The van der Waals surface area contributed by atoms with Gasteiger partial charge in [-0.1, -0.05) is 60.7 Å². The third kappa shape index (κ3) is 4.90. The summed E-state index contributed by atoms with van der Waals surface area (Å²) < 4.78 is 2.43. The number of fused-ring (bicyclic) bond motifs is 1. The van der Waals surface area contributed by atoms with Gasteiger partial charge >= 0.3 is 0 Å². The van der Waals surface area contributed by atoms with Gasteiger partial charge in [0.1, 0.15) is 5.82 Å². The van der Waals surface area contributed by atoms with Crippen LogP contribution in [-0.4, -0.2) is 40.0 Å². The Morgan fingerprint density at radius 1 is 0.941 bits per heavy atom. The predicted octanol–water partition coefficient (Wildman–Crippen LogP) is 5.54. The van der Waals surface area contributed by atoms with Gasteiger partial charge in [-0.05, 0) is 56.0 Å². The Morgan fingerprint density at radius 2 is 1.59 bits per heavy atom. The Kier molecular flexibility index (Phi) is 6.72. The molecule has 0 bridgehead atoms. The van der Waals surface area contributed by atoms with Crippen molar-refractivity contribution in [3.05, 3.63) is 102 Å². The maximum atomic E-state index is 12.9. The number of hydrogen-bond donors (Lipinski definition) is 1. The Bertz CT molecular complexity index is 1230. The van der Waals surface area contributed by atoms with Crippen molar-refractivity contribution in [2.24, 2.45) is 0 Å². The highest BCUT2D eigenvalue weighted by atomic mass is 16.1. The molecule has 174 valence electrons. The van der Waals surface area contributed by atoms with Crippen LogP contribution in [0.5, 0.6) is 0 Å². The predicted molar refractivity (Wildman–Crippen MR) is 137 cm³/mol. The van der Waals surface area contributed by atoms with Crippen LogP contribution in [-0.2, 0) is 0 Å². The monoisotopic (exact) mass is 452 g/mol. The van der Waals surface area contributed by atoms with Crippen molar-refractivity contribution in [3.8, 4) is 0 Å². The number of aryl methyl sites for hydroxylation is 1. The number of para-hydroxylation sites is 2. The van der Waals surface area contributed by atoms with Crippen LogP contribution in [0.25, 0.3) is 11.0 Å². The van der Waals surface area contributed by atoms with E-state index in [1.165, 1.54) is 5.52 Å². The summed E-state index contributed by atoms with van der Waals surface area (Å²) in [6, 6.07) is 28.7. The molecule has 2 heterocycles. The highest BCUT2D eigenvalue weighted by Crippen LogP contribution is 2.29. The van der Waals surface area contributed by atoms with Gasteiger partial charge in [0, 0.05) is 31.2 Å². The second-order valence-corrected chi connectivity index (χ2v) is 9.18. The van der Waals surface area contributed by atoms with Gasteiger partial charge in [-0.25, -0.2) is 4.98 Å². The summed E-state index contributed by atoms with van der Waals surface area (Å²) >= 11 is 0. The van der Waals surface area contributed by atoms with E-state index >= 15 is 0 Å². The molecule has 1 saturated heterocycles. The molecule has 1 aliphatic rings. The smallest absolute Gasteiger partial charge is 0.251 e. The molecule has 1 amide bonds. The molecule has 1 aromatic heterocycles.